The van der Waals surface area contributed by atoms with Crippen LogP contribution in [0.25, 0.3) is 0 Å². The Labute approximate surface area is 159 Å². The van der Waals surface area contributed by atoms with Crippen LogP contribution in [0.3, 0.4) is 0 Å². The van der Waals surface area contributed by atoms with Gasteiger partial charge in [-0.3, -0.25) is 14.4 Å². The van der Waals surface area contributed by atoms with Gasteiger partial charge in [0.05, 0.1) is 11.4 Å². The van der Waals surface area contributed by atoms with Crippen LogP contribution in [0.5, 0.6) is 0 Å². The minimum Gasteiger partial charge on any atom is -0.352 e. The molecule has 1 aromatic rings. The van der Waals surface area contributed by atoms with Crippen LogP contribution in [0.1, 0.15) is 43.0 Å². The molecule has 9 heteroatoms. The molecule has 0 heterocycles. The number of nitrogens with zero attached hydrogens (tertiary/aromatic N) is 1. The molecule has 8 nitrogen and oxygen atoms in total. The fraction of sp³-hybridized carbons (Fsp3) is 0.500. The molecule has 2 N–H and O–H groups in total. The summed E-state index contributed by atoms with van der Waals surface area (Å²) in [6.07, 6.45) is 2.42. The van der Waals surface area contributed by atoms with Crippen molar-refractivity contribution >= 4 is 27.6 Å². The summed E-state index contributed by atoms with van der Waals surface area (Å²) in [4.78, 5) is 34.6. The molecule has 0 aliphatic heterocycles. The van der Waals surface area contributed by atoms with Crippen molar-refractivity contribution in [2.75, 3.05) is 20.1 Å². The van der Waals surface area contributed by atoms with Gasteiger partial charge in [0.1, 0.15) is 0 Å². The van der Waals surface area contributed by atoms with E-state index in [1.807, 2.05) is 0 Å². The number of Topliss-reactive ketones (excluding diaryl/α,β-unsaturated/α-hetero) is 1. The van der Waals surface area contributed by atoms with Gasteiger partial charge in [-0.1, -0.05) is 12.1 Å². The average Bonchev–Trinajstić information content (AvgIpc) is 3.43. The summed E-state index contributed by atoms with van der Waals surface area (Å²) in [6, 6.07) is 5.99. The van der Waals surface area contributed by atoms with Gasteiger partial charge in [-0.05, 0) is 38.3 Å². The summed E-state index contributed by atoms with van der Waals surface area (Å²) in [5.74, 6) is -0.638. The van der Waals surface area contributed by atoms with Crippen molar-refractivity contribution in [3.05, 3.63) is 29.8 Å². The molecule has 1 aliphatic rings. The van der Waals surface area contributed by atoms with Crippen molar-refractivity contribution < 1.29 is 22.8 Å². The maximum Gasteiger partial charge on any atom is 0.242 e. The number of hydrogen-bond acceptors (Lipinski definition) is 5. The Bertz CT molecular complexity index is 801. The van der Waals surface area contributed by atoms with E-state index < -0.39 is 10.0 Å². The number of hydrogen-bond donors (Lipinski definition) is 2. The van der Waals surface area contributed by atoms with Gasteiger partial charge in [-0.2, -0.15) is 0 Å². The van der Waals surface area contributed by atoms with Crippen LogP contribution in [-0.4, -0.2) is 56.5 Å². The average molecular weight is 395 g/mol. The van der Waals surface area contributed by atoms with Crippen LogP contribution >= 0.6 is 0 Å². The van der Waals surface area contributed by atoms with E-state index in [1.165, 1.54) is 42.5 Å². The molecule has 2 rings (SSSR count). The number of carbonyl (C=O) groups is 3. The monoisotopic (exact) mass is 395 g/mol. The van der Waals surface area contributed by atoms with E-state index in [0.29, 0.717) is 12.0 Å². The zero-order chi connectivity index (χ0) is 20.0. The normalized spacial score (nSPS) is 14.0. The summed E-state index contributed by atoms with van der Waals surface area (Å²) < 4.78 is 26.2. The van der Waals surface area contributed by atoms with Gasteiger partial charge in [0, 0.05) is 31.6 Å². The molecule has 0 saturated heterocycles. The lowest BCUT2D eigenvalue weighted by Crippen LogP contribution is -2.38. The Morgan fingerprint density at radius 3 is 2.30 bits per heavy atom. The summed E-state index contributed by atoms with van der Waals surface area (Å²) >= 11 is 0. The van der Waals surface area contributed by atoms with Gasteiger partial charge in [0.2, 0.25) is 21.8 Å². The third-order valence-electron chi connectivity index (χ3n) is 4.23. The lowest BCUT2D eigenvalue weighted by molar-refractivity contribution is -0.126. The smallest absolute Gasteiger partial charge is 0.242 e. The number of amides is 2. The molecule has 0 bridgehead atoms. The number of rotatable bonds is 10. The molecule has 2 amide bonds. The van der Waals surface area contributed by atoms with Gasteiger partial charge in [-0.15, -0.1) is 0 Å². The van der Waals surface area contributed by atoms with Gasteiger partial charge < -0.3 is 10.6 Å². The second-order valence-corrected chi connectivity index (χ2v) is 8.67. The molecule has 27 heavy (non-hydrogen) atoms. The number of nitrogens with one attached hydrogen (secondary N) is 2. The first-order valence-electron chi connectivity index (χ1n) is 8.83. The Hall–Kier alpha value is -2.26. The van der Waals surface area contributed by atoms with Gasteiger partial charge >= 0.3 is 0 Å². The largest absolute Gasteiger partial charge is 0.352 e. The third kappa shape index (κ3) is 6.44. The quantitative estimate of drug-likeness (QED) is 0.566. The SMILES string of the molecule is CC(=O)c1ccc(S(=O)(=O)N(C)CCCC(=O)NCC(=O)NC2CC2)cc1. The Kier molecular flexibility index (Phi) is 7.09. The molecule has 1 aromatic carbocycles. The topological polar surface area (TPSA) is 113 Å². The molecule has 1 fully saturated rings. The highest BCUT2D eigenvalue weighted by Gasteiger charge is 2.23. The number of ketones is 1. The number of carbonyl (C=O) groups excluding carboxylic acids is 3. The van der Waals surface area contributed by atoms with Crippen LogP contribution in [0, 0.1) is 0 Å². The molecule has 0 unspecified atom stereocenters. The zero-order valence-corrected chi connectivity index (χ0v) is 16.3. The maximum atomic E-state index is 12.5. The first-order valence-corrected chi connectivity index (χ1v) is 10.3. The zero-order valence-electron chi connectivity index (χ0n) is 15.5. The molecule has 0 radical (unpaired) electrons. The Morgan fingerprint density at radius 1 is 1.11 bits per heavy atom. The first kappa shape index (κ1) is 21.0. The maximum absolute atomic E-state index is 12.5. The molecule has 1 saturated carbocycles. The van der Waals surface area contributed by atoms with E-state index in [4.69, 9.17) is 0 Å². The highest BCUT2D eigenvalue weighted by molar-refractivity contribution is 7.89. The van der Waals surface area contributed by atoms with E-state index in [9.17, 15) is 22.8 Å². The first-order chi connectivity index (χ1) is 12.7. The molecular weight excluding hydrogens is 370 g/mol. The minimum atomic E-state index is -3.69. The molecule has 0 aromatic heterocycles. The second kappa shape index (κ2) is 9.09. The molecule has 0 atom stereocenters. The molecular formula is C18H25N3O5S. The van der Waals surface area contributed by atoms with E-state index in [0.717, 1.165) is 12.8 Å². The number of benzene rings is 1. The molecule has 0 spiro atoms. The molecule has 148 valence electrons. The fourth-order valence-corrected chi connectivity index (χ4v) is 3.61. The van der Waals surface area contributed by atoms with Crippen molar-refractivity contribution in [2.45, 2.75) is 43.5 Å². The summed E-state index contributed by atoms with van der Waals surface area (Å²) in [5, 5.41) is 5.30. The van der Waals surface area contributed by atoms with Gasteiger partial charge in [0.15, 0.2) is 5.78 Å². The van der Waals surface area contributed by atoms with Crippen LogP contribution in [-0.2, 0) is 19.6 Å². The fourth-order valence-electron chi connectivity index (χ4n) is 2.40. The van der Waals surface area contributed by atoms with Crippen molar-refractivity contribution in [1.29, 1.82) is 0 Å². The predicted molar refractivity (Wildman–Crippen MR) is 99.7 cm³/mol. The lowest BCUT2D eigenvalue weighted by atomic mass is 10.2. The minimum absolute atomic E-state index is 0.0635. The van der Waals surface area contributed by atoms with Crippen molar-refractivity contribution in [2.24, 2.45) is 0 Å². The van der Waals surface area contributed by atoms with Crippen LogP contribution in [0.2, 0.25) is 0 Å². The lowest BCUT2D eigenvalue weighted by Gasteiger charge is -2.17. The summed E-state index contributed by atoms with van der Waals surface area (Å²) in [7, 11) is -2.25. The van der Waals surface area contributed by atoms with Gasteiger partial charge in [0.25, 0.3) is 0 Å². The highest BCUT2D eigenvalue weighted by Crippen LogP contribution is 2.18. The summed E-state index contributed by atoms with van der Waals surface area (Å²) in [6.45, 7) is 1.51. The van der Waals surface area contributed by atoms with E-state index in [1.54, 1.807) is 0 Å². The standard InChI is InChI=1S/C18H25N3O5S/c1-13(22)14-5-9-16(10-6-14)27(25,26)21(2)11-3-4-17(23)19-12-18(24)20-15-7-8-15/h5-6,9-10,15H,3-4,7-8,11-12H2,1-2H3,(H,19,23)(H,20,24). The predicted octanol–water partition coefficient (Wildman–Crippen LogP) is 0.685. The number of sulfonamides is 1. The third-order valence-corrected chi connectivity index (χ3v) is 6.11. The van der Waals surface area contributed by atoms with E-state index >= 15 is 0 Å². The summed E-state index contributed by atoms with van der Waals surface area (Å²) in [5.41, 5.74) is 0.444. The van der Waals surface area contributed by atoms with Crippen LogP contribution in [0.15, 0.2) is 29.2 Å². The highest BCUT2D eigenvalue weighted by atomic mass is 32.2. The Balaban J connectivity index is 1.76. The second-order valence-electron chi connectivity index (χ2n) is 6.63. The van der Waals surface area contributed by atoms with Crippen LogP contribution < -0.4 is 10.6 Å². The van der Waals surface area contributed by atoms with E-state index in [2.05, 4.69) is 10.6 Å². The van der Waals surface area contributed by atoms with Gasteiger partial charge in [-0.25, -0.2) is 12.7 Å². The van der Waals surface area contributed by atoms with Crippen molar-refractivity contribution in [1.82, 2.24) is 14.9 Å². The van der Waals surface area contributed by atoms with Crippen molar-refractivity contribution in [3.8, 4) is 0 Å². The van der Waals surface area contributed by atoms with Crippen molar-refractivity contribution in [3.63, 3.8) is 0 Å². The Morgan fingerprint density at radius 2 is 1.74 bits per heavy atom. The van der Waals surface area contributed by atoms with Crippen LogP contribution in [0.4, 0.5) is 0 Å². The molecule has 1 aliphatic carbocycles. The van der Waals surface area contributed by atoms with E-state index in [-0.39, 0.29) is 48.0 Å².